The molecule has 0 spiro atoms. The number of likely N-dealkylation sites (tertiary alicyclic amines) is 1. The molecule has 3 saturated heterocycles. The summed E-state index contributed by atoms with van der Waals surface area (Å²) in [6, 6.07) is 1.71. The van der Waals surface area contributed by atoms with E-state index in [2.05, 4.69) is 16.8 Å². The van der Waals surface area contributed by atoms with E-state index in [1.165, 1.54) is 45.3 Å². The molecule has 0 N–H and O–H groups in total. The maximum Gasteiger partial charge on any atom is 0.0822 e. The van der Waals surface area contributed by atoms with Crippen molar-refractivity contribution >= 4 is 0 Å². The van der Waals surface area contributed by atoms with Gasteiger partial charge in [-0.15, -0.1) is 0 Å². The highest BCUT2D eigenvalue weighted by molar-refractivity contribution is 4.92. The van der Waals surface area contributed by atoms with E-state index in [0.29, 0.717) is 6.10 Å². The number of epoxide rings is 1. The van der Waals surface area contributed by atoms with Crippen molar-refractivity contribution in [2.45, 2.75) is 43.9 Å². The second-order valence-corrected chi connectivity index (χ2v) is 5.42. The number of nitrogens with zero attached hydrogens (tertiary/aromatic N) is 2. The van der Waals surface area contributed by atoms with Crippen LogP contribution in [-0.4, -0.2) is 61.3 Å². The molecule has 3 rings (SSSR count). The summed E-state index contributed by atoms with van der Waals surface area (Å²) in [4.78, 5) is 5.27. The maximum absolute atomic E-state index is 5.31. The van der Waals surface area contributed by atoms with E-state index in [-0.39, 0.29) is 0 Å². The third-order valence-electron chi connectivity index (χ3n) is 4.25. The van der Waals surface area contributed by atoms with Gasteiger partial charge in [-0.25, -0.2) is 0 Å². The molecule has 0 aromatic carbocycles. The molecule has 3 nitrogen and oxygen atoms in total. The van der Waals surface area contributed by atoms with Gasteiger partial charge in [-0.05, 0) is 39.3 Å². The van der Waals surface area contributed by atoms with Gasteiger partial charge in [0.1, 0.15) is 0 Å². The molecule has 3 heterocycles. The summed E-state index contributed by atoms with van der Waals surface area (Å²) in [5.74, 6) is 0. The molecule has 15 heavy (non-hydrogen) atoms. The summed E-state index contributed by atoms with van der Waals surface area (Å²) in [5, 5.41) is 0. The van der Waals surface area contributed by atoms with Gasteiger partial charge in [0.25, 0.3) is 0 Å². The number of likely N-dealkylation sites (N-methyl/N-ethyl adjacent to an activating group) is 1. The van der Waals surface area contributed by atoms with Crippen molar-refractivity contribution in [3.63, 3.8) is 0 Å². The predicted octanol–water partition coefficient (Wildman–Crippen LogP) is 0.944. The summed E-state index contributed by atoms with van der Waals surface area (Å²) in [5.41, 5.74) is 0. The summed E-state index contributed by atoms with van der Waals surface area (Å²) in [6.45, 7) is 4.86. The van der Waals surface area contributed by atoms with Gasteiger partial charge < -0.3 is 9.64 Å². The minimum atomic E-state index is 0.602. The van der Waals surface area contributed by atoms with Crippen LogP contribution in [0.4, 0.5) is 0 Å². The lowest BCUT2D eigenvalue weighted by molar-refractivity contribution is 0.183. The Balaban J connectivity index is 1.59. The summed E-state index contributed by atoms with van der Waals surface area (Å²) in [6.07, 6.45) is 6.09. The van der Waals surface area contributed by atoms with Crippen LogP contribution in [0.25, 0.3) is 0 Å². The lowest BCUT2D eigenvalue weighted by Gasteiger charge is -2.27. The highest BCUT2D eigenvalue weighted by Crippen LogP contribution is 2.30. The van der Waals surface area contributed by atoms with Crippen molar-refractivity contribution in [2.24, 2.45) is 0 Å². The maximum atomic E-state index is 5.31. The van der Waals surface area contributed by atoms with Crippen LogP contribution in [0.15, 0.2) is 0 Å². The van der Waals surface area contributed by atoms with Gasteiger partial charge in [-0.2, -0.15) is 0 Å². The average molecular weight is 210 g/mol. The van der Waals surface area contributed by atoms with Crippen LogP contribution in [0.5, 0.6) is 0 Å². The summed E-state index contributed by atoms with van der Waals surface area (Å²) < 4.78 is 5.31. The lowest BCUT2D eigenvalue weighted by atomic mass is 10.1. The Labute approximate surface area is 92.4 Å². The van der Waals surface area contributed by atoms with Crippen molar-refractivity contribution in [3.8, 4) is 0 Å². The lowest BCUT2D eigenvalue weighted by Crippen LogP contribution is -2.39. The molecule has 3 unspecified atom stereocenters. The Hall–Kier alpha value is -0.120. The number of fused-ring (bicyclic) bond motifs is 2. The fourth-order valence-corrected chi connectivity index (χ4v) is 3.23. The average Bonchev–Trinajstić information content (AvgIpc) is 2.96. The molecule has 3 heteroatoms. The van der Waals surface area contributed by atoms with Gasteiger partial charge in [0.15, 0.2) is 0 Å². The van der Waals surface area contributed by atoms with E-state index < -0.39 is 0 Å². The molecular weight excluding hydrogens is 188 g/mol. The zero-order valence-electron chi connectivity index (χ0n) is 9.69. The molecular formula is C12H22N2O. The summed E-state index contributed by atoms with van der Waals surface area (Å²) in [7, 11) is 2.27. The second kappa shape index (κ2) is 4.04. The molecule has 2 bridgehead atoms. The van der Waals surface area contributed by atoms with Crippen LogP contribution < -0.4 is 0 Å². The zero-order valence-corrected chi connectivity index (χ0v) is 9.69. The monoisotopic (exact) mass is 210 g/mol. The van der Waals surface area contributed by atoms with E-state index in [4.69, 9.17) is 4.74 Å². The molecule has 3 atom stereocenters. The molecule has 86 valence electrons. The molecule has 3 aliphatic heterocycles. The Morgan fingerprint density at radius 1 is 1.20 bits per heavy atom. The van der Waals surface area contributed by atoms with E-state index in [1.807, 2.05) is 0 Å². The standard InChI is InChI=1S/C12H22N2O/c1-13-6-4-10-2-3-11(8-13)14(10)7-5-12-9-15-12/h10-12H,2-9H2,1H3. The van der Waals surface area contributed by atoms with Crippen molar-refractivity contribution in [3.05, 3.63) is 0 Å². The highest BCUT2D eigenvalue weighted by Gasteiger charge is 2.37. The minimum absolute atomic E-state index is 0.602. The first-order valence-electron chi connectivity index (χ1n) is 6.39. The Bertz CT molecular complexity index is 230. The molecule has 0 radical (unpaired) electrons. The Kier molecular flexibility index (Phi) is 2.71. The van der Waals surface area contributed by atoms with Crippen LogP contribution >= 0.6 is 0 Å². The molecule has 3 fully saturated rings. The first-order chi connectivity index (χ1) is 7.33. The van der Waals surface area contributed by atoms with Gasteiger partial charge in [-0.3, -0.25) is 4.90 Å². The number of hydrogen-bond donors (Lipinski definition) is 0. The molecule has 0 saturated carbocycles. The molecule has 0 amide bonds. The Morgan fingerprint density at radius 3 is 2.80 bits per heavy atom. The van der Waals surface area contributed by atoms with Crippen molar-refractivity contribution in [2.75, 3.05) is 33.3 Å². The topological polar surface area (TPSA) is 19.0 Å². The normalized spacial score (nSPS) is 41.8. The Morgan fingerprint density at radius 2 is 2.00 bits per heavy atom. The largest absolute Gasteiger partial charge is 0.373 e. The van der Waals surface area contributed by atoms with Gasteiger partial charge in [0.05, 0.1) is 12.7 Å². The summed E-state index contributed by atoms with van der Waals surface area (Å²) >= 11 is 0. The fraction of sp³-hybridized carbons (Fsp3) is 1.00. The highest BCUT2D eigenvalue weighted by atomic mass is 16.6. The predicted molar refractivity (Wildman–Crippen MR) is 60.0 cm³/mol. The SMILES string of the molecule is CN1CCC2CCC(C1)N2CCC1CO1. The smallest absolute Gasteiger partial charge is 0.0822 e. The molecule has 0 aromatic heterocycles. The van der Waals surface area contributed by atoms with Crippen molar-refractivity contribution in [1.82, 2.24) is 9.80 Å². The first-order valence-corrected chi connectivity index (χ1v) is 6.39. The second-order valence-electron chi connectivity index (χ2n) is 5.42. The number of ether oxygens (including phenoxy) is 1. The zero-order chi connectivity index (χ0) is 10.3. The van der Waals surface area contributed by atoms with E-state index in [0.717, 1.165) is 18.7 Å². The van der Waals surface area contributed by atoms with Crippen LogP contribution in [-0.2, 0) is 4.74 Å². The van der Waals surface area contributed by atoms with Crippen LogP contribution in [0, 0.1) is 0 Å². The molecule has 0 aromatic rings. The van der Waals surface area contributed by atoms with E-state index >= 15 is 0 Å². The quantitative estimate of drug-likeness (QED) is 0.646. The van der Waals surface area contributed by atoms with Crippen LogP contribution in [0.2, 0.25) is 0 Å². The van der Waals surface area contributed by atoms with E-state index in [9.17, 15) is 0 Å². The van der Waals surface area contributed by atoms with Gasteiger partial charge >= 0.3 is 0 Å². The van der Waals surface area contributed by atoms with E-state index in [1.54, 1.807) is 0 Å². The fourth-order valence-electron chi connectivity index (χ4n) is 3.23. The minimum Gasteiger partial charge on any atom is -0.373 e. The van der Waals surface area contributed by atoms with Gasteiger partial charge in [-0.1, -0.05) is 0 Å². The molecule has 0 aliphatic carbocycles. The molecule has 3 aliphatic rings. The third-order valence-corrected chi connectivity index (χ3v) is 4.25. The third kappa shape index (κ3) is 2.19. The van der Waals surface area contributed by atoms with Gasteiger partial charge in [0.2, 0.25) is 0 Å². The number of hydrogen-bond acceptors (Lipinski definition) is 3. The van der Waals surface area contributed by atoms with Crippen LogP contribution in [0.3, 0.4) is 0 Å². The van der Waals surface area contributed by atoms with Crippen molar-refractivity contribution in [1.29, 1.82) is 0 Å². The van der Waals surface area contributed by atoms with Crippen LogP contribution in [0.1, 0.15) is 25.7 Å². The number of rotatable bonds is 3. The first kappa shape index (κ1) is 10.1. The van der Waals surface area contributed by atoms with Gasteiger partial charge in [0, 0.05) is 25.2 Å². The van der Waals surface area contributed by atoms with Crippen molar-refractivity contribution < 1.29 is 4.74 Å².